The van der Waals surface area contributed by atoms with Crippen LogP contribution in [0.2, 0.25) is 0 Å². The molecule has 3 saturated heterocycles. The van der Waals surface area contributed by atoms with Crippen molar-refractivity contribution in [3.8, 4) is 0 Å². The smallest absolute Gasteiger partial charge is 0.275 e. The second-order valence-corrected chi connectivity index (χ2v) is 9.28. The summed E-state index contributed by atoms with van der Waals surface area (Å²) < 4.78 is 42.7. The summed E-state index contributed by atoms with van der Waals surface area (Å²) in [6.45, 7) is 4.93. The molecule has 6 rings (SSSR count). The fourth-order valence-electron chi connectivity index (χ4n) is 5.11. The number of fused-ring (bicyclic) bond motifs is 3. The molecule has 1 N–H and O–H groups in total. The van der Waals surface area contributed by atoms with Gasteiger partial charge < -0.3 is 10.2 Å². The number of alkyl halides is 2. The molecular formula is C24H27F3N6O. The lowest BCUT2D eigenvalue weighted by atomic mass is 9.88. The maximum atomic E-state index is 14.8. The van der Waals surface area contributed by atoms with Crippen LogP contribution in [-0.4, -0.2) is 51.7 Å². The van der Waals surface area contributed by atoms with Crippen molar-refractivity contribution in [2.45, 2.75) is 44.8 Å². The Labute approximate surface area is 195 Å². The Morgan fingerprint density at radius 2 is 1.79 bits per heavy atom. The van der Waals surface area contributed by atoms with Gasteiger partial charge in [-0.05, 0) is 33.4 Å². The molecule has 3 aromatic rings. The van der Waals surface area contributed by atoms with Gasteiger partial charge in [-0.1, -0.05) is 18.2 Å². The van der Waals surface area contributed by atoms with E-state index in [2.05, 4.69) is 32.1 Å². The van der Waals surface area contributed by atoms with E-state index < -0.39 is 23.8 Å². The number of anilines is 2. The van der Waals surface area contributed by atoms with Crippen LogP contribution in [0.25, 0.3) is 11.0 Å². The van der Waals surface area contributed by atoms with E-state index in [1.165, 1.54) is 16.7 Å². The van der Waals surface area contributed by atoms with E-state index in [0.717, 1.165) is 25.6 Å². The van der Waals surface area contributed by atoms with Crippen LogP contribution in [0.15, 0.2) is 29.1 Å². The number of likely N-dealkylation sites (N-methyl/N-ethyl adjacent to an activating group) is 1. The molecule has 2 bridgehead atoms. The number of aryl methyl sites for hydroxylation is 2. The van der Waals surface area contributed by atoms with Crippen molar-refractivity contribution in [2.24, 2.45) is 7.05 Å². The molecule has 2 unspecified atom stereocenters. The van der Waals surface area contributed by atoms with E-state index in [-0.39, 0.29) is 11.1 Å². The van der Waals surface area contributed by atoms with Crippen LogP contribution in [0.5, 0.6) is 0 Å². The van der Waals surface area contributed by atoms with Crippen LogP contribution in [0.4, 0.5) is 24.7 Å². The quantitative estimate of drug-likeness (QED) is 0.610. The van der Waals surface area contributed by atoms with Crippen molar-refractivity contribution in [3.63, 3.8) is 0 Å². The zero-order valence-corrected chi connectivity index (χ0v) is 19.5. The molecule has 0 saturated carbocycles. The Hall–Kier alpha value is -3.14. The van der Waals surface area contributed by atoms with Gasteiger partial charge in [-0.15, -0.1) is 0 Å². The number of nitrogens with one attached hydrogen (secondary N) is 1. The molecule has 3 atom stereocenters. The highest BCUT2D eigenvalue weighted by molar-refractivity contribution is 5.89. The van der Waals surface area contributed by atoms with Crippen molar-refractivity contribution in [3.05, 3.63) is 57.4 Å². The van der Waals surface area contributed by atoms with E-state index in [9.17, 15) is 18.0 Å². The molecule has 0 amide bonds. The van der Waals surface area contributed by atoms with Gasteiger partial charge >= 0.3 is 0 Å². The molecule has 10 heteroatoms. The topological polar surface area (TPSA) is 66.3 Å². The second kappa shape index (κ2) is 8.26. The second-order valence-electron chi connectivity index (χ2n) is 9.28. The standard InChI is InChI=1S/C24H27F3N6O/c1-12(16-6-5-7-17(20(16)25)21(26)27)28-22-18-9-19(33-10-14-8-15(11-33)31(14)3)24(34)32(4)23(18)30-13(2)29-22/h5-7,9,12,14-15,21H,8,10-11H2,1-4H3,(H,28,29,30)/t12-,14?,15?/m1/s1. The van der Waals surface area contributed by atoms with Gasteiger partial charge in [0.05, 0.1) is 17.0 Å². The van der Waals surface area contributed by atoms with Gasteiger partial charge in [-0.3, -0.25) is 14.3 Å². The number of aromatic nitrogens is 3. The molecule has 180 valence electrons. The van der Waals surface area contributed by atoms with Gasteiger partial charge in [0, 0.05) is 37.8 Å². The third-order valence-corrected chi connectivity index (χ3v) is 7.17. The Balaban J connectivity index is 1.56. The molecular weight excluding hydrogens is 445 g/mol. The molecule has 3 fully saturated rings. The Morgan fingerprint density at radius 3 is 2.44 bits per heavy atom. The highest BCUT2D eigenvalue weighted by Crippen LogP contribution is 2.34. The van der Waals surface area contributed by atoms with E-state index in [1.807, 2.05) is 0 Å². The maximum Gasteiger partial charge on any atom is 0.275 e. The largest absolute Gasteiger partial charge is 0.364 e. The fourth-order valence-corrected chi connectivity index (χ4v) is 5.11. The van der Waals surface area contributed by atoms with Gasteiger partial charge in [0.2, 0.25) is 0 Å². The summed E-state index contributed by atoms with van der Waals surface area (Å²) in [5.41, 5.74) is 0.382. The van der Waals surface area contributed by atoms with Gasteiger partial charge in [0.1, 0.15) is 28.8 Å². The van der Waals surface area contributed by atoms with E-state index >= 15 is 0 Å². The van der Waals surface area contributed by atoms with Crippen LogP contribution in [0.3, 0.4) is 0 Å². The molecule has 3 aliphatic rings. The number of piperazine rings is 1. The van der Waals surface area contributed by atoms with Crippen LogP contribution in [0.1, 0.15) is 42.8 Å². The summed E-state index contributed by atoms with van der Waals surface area (Å²) in [5.74, 6) is -0.0714. The number of piperidine rings is 1. The summed E-state index contributed by atoms with van der Waals surface area (Å²) in [5, 5.41) is 3.79. The average Bonchev–Trinajstić information content (AvgIpc) is 2.81. The summed E-state index contributed by atoms with van der Waals surface area (Å²) in [4.78, 5) is 26.6. The molecule has 0 spiro atoms. The first-order valence-corrected chi connectivity index (χ1v) is 11.3. The number of rotatable bonds is 5. The van der Waals surface area contributed by atoms with Gasteiger partial charge in [-0.25, -0.2) is 23.1 Å². The lowest BCUT2D eigenvalue weighted by Crippen LogP contribution is -2.67. The number of pyridine rings is 1. The number of hydrogen-bond donors (Lipinski definition) is 1. The molecule has 3 aliphatic heterocycles. The van der Waals surface area contributed by atoms with Crippen LogP contribution in [-0.2, 0) is 7.05 Å². The first-order chi connectivity index (χ1) is 16.2. The molecule has 5 heterocycles. The maximum absolute atomic E-state index is 14.8. The number of benzene rings is 1. The monoisotopic (exact) mass is 472 g/mol. The minimum absolute atomic E-state index is 0.117. The summed E-state index contributed by atoms with van der Waals surface area (Å²) in [6, 6.07) is 5.99. The van der Waals surface area contributed by atoms with Crippen LogP contribution in [0, 0.1) is 12.7 Å². The zero-order chi connectivity index (χ0) is 24.3. The predicted molar refractivity (Wildman–Crippen MR) is 125 cm³/mol. The minimum Gasteiger partial charge on any atom is -0.364 e. The lowest BCUT2D eigenvalue weighted by molar-refractivity contribution is 0.0263. The summed E-state index contributed by atoms with van der Waals surface area (Å²) in [6.07, 6.45) is -1.77. The SMILES string of the molecule is Cc1nc(N[C@H](C)c2cccc(C(F)F)c2F)c2cc(N3CC4CC(C3)N4C)c(=O)n(C)c2n1. The van der Waals surface area contributed by atoms with Crippen molar-refractivity contribution in [1.82, 2.24) is 19.4 Å². The van der Waals surface area contributed by atoms with Gasteiger partial charge in [0.25, 0.3) is 12.0 Å². The Kier molecular flexibility index (Phi) is 5.50. The minimum atomic E-state index is -2.90. The van der Waals surface area contributed by atoms with Crippen molar-refractivity contribution in [1.29, 1.82) is 0 Å². The number of hydrogen-bond acceptors (Lipinski definition) is 6. The highest BCUT2D eigenvalue weighted by atomic mass is 19.3. The lowest BCUT2D eigenvalue weighted by Gasteiger charge is -2.55. The Bertz CT molecular complexity index is 1310. The third-order valence-electron chi connectivity index (χ3n) is 7.17. The van der Waals surface area contributed by atoms with Crippen molar-refractivity contribution in [2.75, 3.05) is 30.4 Å². The molecule has 0 aliphatic carbocycles. The van der Waals surface area contributed by atoms with Crippen LogP contribution < -0.4 is 15.8 Å². The number of halogens is 3. The average molecular weight is 473 g/mol. The fraction of sp³-hybridized carbons (Fsp3) is 0.458. The molecule has 1 aromatic carbocycles. The predicted octanol–water partition coefficient (Wildman–Crippen LogP) is 3.78. The first kappa shape index (κ1) is 22.6. The molecule has 7 nitrogen and oxygen atoms in total. The van der Waals surface area contributed by atoms with Gasteiger partial charge in [-0.2, -0.15) is 0 Å². The van der Waals surface area contributed by atoms with E-state index in [1.54, 1.807) is 27.0 Å². The summed E-state index contributed by atoms with van der Waals surface area (Å²) in [7, 11) is 3.78. The van der Waals surface area contributed by atoms with Crippen LogP contribution >= 0.6 is 0 Å². The molecule has 2 aromatic heterocycles. The molecule has 34 heavy (non-hydrogen) atoms. The van der Waals surface area contributed by atoms with Crippen molar-refractivity contribution < 1.29 is 13.2 Å². The van der Waals surface area contributed by atoms with E-state index in [4.69, 9.17) is 0 Å². The van der Waals surface area contributed by atoms with Gasteiger partial charge in [0.15, 0.2) is 0 Å². The number of nitrogens with zero attached hydrogens (tertiary/aromatic N) is 5. The zero-order valence-electron chi connectivity index (χ0n) is 19.5. The van der Waals surface area contributed by atoms with E-state index in [0.29, 0.717) is 40.4 Å². The third kappa shape index (κ3) is 3.60. The first-order valence-electron chi connectivity index (χ1n) is 11.3. The normalized spacial score (nSPS) is 21.1. The molecule has 0 radical (unpaired) electrons. The van der Waals surface area contributed by atoms with Crippen molar-refractivity contribution >= 4 is 22.5 Å². The Morgan fingerprint density at radius 1 is 1.12 bits per heavy atom. The highest BCUT2D eigenvalue weighted by Gasteiger charge is 2.42. The summed E-state index contributed by atoms with van der Waals surface area (Å²) >= 11 is 0.